The molecule has 1 amide bonds. The minimum atomic E-state index is -0.238. The Morgan fingerprint density at radius 1 is 0.968 bits per heavy atom. The second-order valence-corrected chi connectivity index (χ2v) is 7.40. The number of hydrogen-bond acceptors (Lipinski definition) is 5. The highest BCUT2D eigenvalue weighted by Gasteiger charge is 2.24. The van der Waals surface area contributed by atoms with Gasteiger partial charge in [0.15, 0.2) is 11.5 Å². The normalized spacial score (nSPS) is 13.5. The highest BCUT2D eigenvalue weighted by atomic mass is 16.5. The van der Waals surface area contributed by atoms with Gasteiger partial charge in [-0.3, -0.25) is 14.2 Å². The Kier molecular flexibility index (Phi) is 5.84. The van der Waals surface area contributed by atoms with E-state index in [0.29, 0.717) is 40.1 Å². The summed E-state index contributed by atoms with van der Waals surface area (Å²) in [6.07, 6.45) is 3.60. The molecular formula is C24H26N2O5. The van der Waals surface area contributed by atoms with Crippen LogP contribution < -0.4 is 19.8 Å². The number of benzene rings is 2. The van der Waals surface area contributed by atoms with Crippen LogP contribution in [0, 0.1) is 0 Å². The molecule has 0 radical (unpaired) electrons. The summed E-state index contributed by atoms with van der Waals surface area (Å²) in [5, 5.41) is 0.957. The fraction of sp³-hybridized carbons (Fsp3) is 0.333. The molecule has 1 aliphatic rings. The van der Waals surface area contributed by atoms with E-state index in [9.17, 15) is 9.59 Å². The molecular weight excluding hydrogens is 396 g/mol. The van der Waals surface area contributed by atoms with E-state index in [1.54, 1.807) is 18.3 Å². The Labute approximate surface area is 180 Å². The summed E-state index contributed by atoms with van der Waals surface area (Å²) in [6, 6.07) is 10.6. The lowest BCUT2D eigenvalue weighted by atomic mass is 10.0. The molecule has 0 unspecified atom stereocenters. The van der Waals surface area contributed by atoms with Crippen LogP contribution in [-0.2, 0) is 0 Å². The molecule has 0 N–H and O–H groups in total. The molecule has 2 aromatic carbocycles. The maximum atomic E-state index is 13.4. The van der Waals surface area contributed by atoms with Crippen LogP contribution >= 0.6 is 0 Å². The van der Waals surface area contributed by atoms with Crippen molar-refractivity contribution in [1.29, 1.82) is 0 Å². The zero-order chi connectivity index (χ0) is 22.0. The largest absolute Gasteiger partial charge is 0.494 e. The third-order valence-electron chi connectivity index (χ3n) is 5.57. The number of ether oxygens (including phenoxy) is 3. The molecule has 4 rings (SSSR count). The molecule has 31 heavy (non-hydrogen) atoms. The molecule has 162 valence electrons. The third kappa shape index (κ3) is 3.83. The number of aromatic nitrogens is 1. The van der Waals surface area contributed by atoms with E-state index in [2.05, 4.69) is 0 Å². The van der Waals surface area contributed by atoms with Crippen LogP contribution in [0.2, 0.25) is 0 Å². The van der Waals surface area contributed by atoms with Crippen LogP contribution in [0.5, 0.6) is 17.2 Å². The van der Waals surface area contributed by atoms with Gasteiger partial charge in [-0.05, 0) is 56.2 Å². The predicted octanol–water partition coefficient (Wildman–Crippen LogP) is 3.64. The van der Waals surface area contributed by atoms with E-state index in [-0.39, 0.29) is 11.5 Å². The first-order valence-electron chi connectivity index (χ1n) is 10.4. The summed E-state index contributed by atoms with van der Waals surface area (Å²) >= 11 is 0. The number of rotatable bonds is 6. The number of fused-ring (bicyclic) bond motifs is 1. The summed E-state index contributed by atoms with van der Waals surface area (Å²) in [5.74, 6) is 1.55. The molecule has 0 bridgehead atoms. The van der Waals surface area contributed by atoms with Crippen molar-refractivity contribution >= 4 is 16.7 Å². The van der Waals surface area contributed by atoms with Gasteiger partial charge in [-0.15, -0.1) is 0 Å². The minimum Gasteiger partial charge on any atom is -0.494 e. The Hall–Kier alpha value is -3.48. The van der Waals surface area contributed by atoms with E-state index in [0.717, 1.165) is 31.7 Å². The molecule has 1 aromatic heterocycles. The van der Waals surface area contributed by atoms with Crippen LogP contribution in [0.3, 0.4) is 0 Å². The van der Waals surface area contributed by atoms with Gasteiger partial charge in [-0.1, -0.05) is 0 Å². The number of likely N-dealkylation sites (tertiary alicyclic amines) is 1. The first-order chi connectivity index (χ1) is 15.1. The average Bonchev–Trinajstić information content (AvgIpc) is 3.34. The summed E-state index contributed by atoms with van der Waals surface area (Å²) in [5.41, 5.74) is 0.880. The SMILES string of the molecule is CCOc1ccc(-n2cc(C(=O)N3CCCC3)c3cc(OC)c(OC)cc3c2=O)cc1. The fourth-order valence-corrected chi connectivity index (χ4v) is 3.99. The smallest absolute Gasteiger partial charge is 0.263 e. The van der Waals surface area contributed by atoms with Crippen molar-refractivity contribution in [1.82, 2.24) is 9.47 Å². The molecule has 0 saturated carbocycles. The van der Waals surface area contributed by atoms with Crippen LogP contribution in [0.1, 0.15) is 30.1 Å². The first-order valence-corrected chi connectivity index (χ1v) is 10.4. The third-order valence-corrected chi connectivity index (χ3v) is 5.57. The Morgan fingerprint density at radius 3 is 2.16 bits per heavy atom. The highest BCUT2D eigenvalue weighted by Crippen LogP contribution is 2.33. The molecule has 7 heteroatoms. The van der Waals surface area contributed by atoms with Crippen LogP contribution in [0.4, 0.5) is 0 Å². The zero-order valence-electron chi connectivity index (χ0n) is 18.0. The minimum absolute atomic E-state index is 0.0885. The molecule has 3 aromatic rings. The molecule has 0 aliphatic carbocycles. The fourth-order valence-electron chi connectivity index (χ4n) is 3.99. The number of carbonyl (C=O) groups is 1. The maximum absolute atomic E-state index is 13.4. The Bertz CT molecular complexity index is 1160. The number of pyridine rings is 1. The highest BCUT2D eigenvalue weighted by molar-refractivity contribution is 6.07. The van der Waals surface area contributed by atoms with Gasteiger partial charge in [-0.2, -0.15) is 0 Å². The van der Waals surface area contributed by atoms with Gasteiger partial charge in [0, 0.05) is 30.4 Å². The summed E-state index contributed by atoms with van der Waals surface area (Å²) in [6.45, 7) is 3.91. The second kappa shape index (κ2) is 8.71. The summed E-state index contributed by atoms with van der Waals surface area (Å²) in [7, 11) is 3.06. The quantitative estimate of drug-likeness (QED) is 0.607. The van der Waals surface area contributed by atoms with E-state index in [4.69, 9.17) is 14.2 Å². The second-order valence-electron chi connectivity index (χ2n) is 7.40. The molecule has 1 fully saturated rings. The van der Waals surface area contributed by atoms with Crippen LogP contribution in [0.25, 0.3) is 16.5 Å². The first kappa shape index (κ1) is 20.8. The number of hydrogen-bond donors (Lipinski definition) is 0. The van der Waals surface area contributed by atoms with Crippen molar-refractivity contribution in [2.75, 3.05) is 33.9 Å². The number of amides is 1. The maximum Gasteiger partial charge on any atom is 0.263 e. The van der Waals surface area contributed by atoms with Crippen molar-refractivity contribution in [2.24, 2.45) is 0 Å². The lowest BCUT2D eigenvalue weighted by molar-refractivity contribution is 0.0794. The predicted molar refractivity (Wildman–Crippen MR) is 119 cm³/mol. The Morgan fingerprint density at radius 2 is 1.58 bits per heavy atom. The van der Waals surface area contributed by atoms with Gasteiger partial charge in [0.25, 0.3) is 11.5 Å². The van der Waals surface area contributed by atoms with Crippen molar-refractivity contribution in [3.05, 3.63) is 58.5 Å². The lowest BCUT2D eigenvalue weighted by Gasteiger charge is -2.19. The molecule has 7 nitrogen and oxygen atoms in total. The molecule has 1 saturated heterocycles. The number of carbonyl (C=O) groups excluding carboxylic acids is 1. The van der Waals surface area contributed by atoms with Gasteiger partial charge >= 0.3 is 0 Å². The van der Waals surface area contributed by atoms with E-state index < -0.39 is 0 Å². The summed E-state index contributed by atoms with van der Waals surface area (Å²) in [4.78, 5) is 28.6. The van der Waals surface area contributed by atoms with Crippen LogP contribution in [0.15, 0.2) is 47.4 Å². The van der Waals surface area contributed by atoms with E-state index in [1.807, 2.05) is 36.1 Å². The molecule has 2 heterocycles. The van der Waals surface area contributed by atoms with Crippen LogP contribution in [-0.4, -0.2) is 49.3 Å². The standard InChI is InChI=1S/C24H26N2O5/c1-4-31-17-9-7-16(8-10-17)26-15-20(23(27)25-11-5-6-12-25)18-13-21(29-2)22(30-3)14-19(18)24(26)28/h7-10,13-15H,4-6,11-12H2,1-3H3. The topological polar surface area (TPSA) is 70.0 Å². The number of methoxy groups -OCH3 is 2. The van der Waals surface area contributed by atoms with Gasteiger partial charge in [0.05, 0.1) is 31.8 Å². The number of nitrogens with zero attached hydrogens (tertiary/aromatic N) is 2. The van der Waals surface area contributed by atoms with Crippen molar-refractivity contribution in [3.63, 3.8) is 0 Å². The summed E-state index contributed by atoms with van der Waals surface area (Å²) < 4.78 is 17.8. The monoisotopic (exact) mass is 422 g/mol. The Balaban J connectivity index is 1.95. The van der Waals surface area contributed by atoms with Gasteiger partial charge in [-0.25, -0.2) is 0 Å². The molecule has 1 aliphatic heterocycles. The lowest BCUT2D eigenvalue weighted by Crippen LogP contribution is -2.30. The van der Waals surface area contributed by atoms with E-state index >= 15 is 0 Å². The average molecular weight is 422 g/mol. The molecule has 0 atom stereocenters. The van der Waals surface area contributed by atoms with Crippen molar-refractivity contribution in [3.8, 4) is 22.9 Å². The van der Waals surface area contributed by atoms with Crippen molar-refractivity contribution in [2.45, 2.75) is 19.8 Å². The van der Waals surface area contributed by atoms with Crippen molar-refractivity contribution < 1.29 is 19.0 Å². The van der Waals surface area contributed by atoms with Gasteiger partial charge in [0.2, 0.25) is 0 Å². The molecule has 0 spiro atoms. The van der Waals surface area contributed by atoms with E-state index in [1.165, 1.54) is 18.8 Å². The van der Waals surface area contributed by atoms with Gasteiger partial charge in [0.1, 0.15) is 5.75 Å². The zero-order valence-corrected chi connectivity index (χ0v) is 18.0. The van der Waals surface area contributed by atoms with Gasteiger partial charge < -0.3 is 19.1 Å².